The maximum atomic E-state index is 12.0. The fourth-order valence-electron chi connectivity index (χ4n) is 0.940. The van der Waals surface area contributed by atoms with E-state index in [0.717, 1.165) is 5.56 Å². The summed E-state index contributed by atoms with van der Waals surface area (Å²) in [6.07, 6.45) is -4.05. The van der Waals surface area contributed by atoms with E-state index in [9.17, 15) is 13.2 Å². The van der Waals surface area contributed by atoms with Crippen molar-refractivity contribution in [2.45, 2.75) is 13.1 Å². The van der Waals surface area contributed by atoms with Crippen LogP contribution in [0.4, 0.5) is 13.2 Å². The van der Waals surface area contributed by atoms with Crippen LogP contribution in [0, 0.1) is 6.92 Å². The standard InChI is InChI=1S/C10H8BrF3/c1-7-2-4-8(5-3-7)9(11)6-10(12,13)14/h2-6H,1H3/b9-6-. The predicted molar refractivity (Wildman–Crippen MR) is 54.1 cm³/mol. The first-order chi connectivity index (χ1) is 6.38. The topological polar surface area (TPSA) is 0 Å². The van der Waals surface area contributed by atoms with Gasteiger partial charge in [0.1, 0.15) is 0 Å². The molecule has 0 nitrogen and oxygen atoms in total. The second kappa shape index (κ2) is 4.17. The number of hydrogen-bond donors (Lipinski definition) is 0. The second-order valence-electron chi connectivity index (χ2n) is 2.90. The normalized spacial score (nSPS) is 13.1. The number of aryl methyl sites for hydroxylation is 1. The molecule has 0 saturated carbocycles. The highest BCUT2D eigenvalue weighted by atomic mass is 79.9. The van der Waals surface area contributed by atoms with Crippen LogP contribution in [-0.2, 0) is 0 Å². The molecule has 0 aliphatic rings. The second-order valence-corrected chi connectivity index (χ2v) is 3.75. The van der Waals surface area contributed by atoms with Crippen LogP contribution in [0.3, 0.4) is 0 Å². The third kappa shape index (κ3) is 3.54. The molecule has 0 saturated heterocycles. The molecule has 0 heterocycles. The molecule has 0 unspecified atom stereocenters. The number of hydrogen-bond acceptors (Lipinski definition) is 0. The van der Waals surface area contributed by atoms with Gasteiger partial charge >= 0.3 is 6.18 Å². The Bertz CT molecular complexity index is 335. The molecule has 0 radical (unpaired) electrons. The molecule has 0 N–H and O–H groups in total. The maximum absolute atomic E-state index is 12.0. The first-order valence-corrected chi connectivity index (χ1v) is 4.70. The number of allylic oxidation sites excluding steroid dienone is 1. The van der Waals surface area contributed by atoms with E-state index in [-0.39, 0.29) is 10.6 Å². The van der Waals surface area contributed by atoms with E-state index >= 15 is 0 Å². The molecular formula is C10H8BrF3. The van der Waals surface area contributed by atoms with Crippen molar-refractivity contribution in [1.29, 1.82) is 0 Å². The highest BCUT2D eigenvalue weighted by Gasteiger charge is 2.24. The van der Waals surface area contributed by atoms with Crippen LogP contribution >= 0.6 is 15.9 Å². The number of rotatable bonds is 1. The molecule has 1 aromatic carbocycles. The van der Waals surface area contributed by atoms with Crippen molar-refractivity contribution in [3.8, 4) is 0 Å². The van der Waals surface area contributed by atoms with Gasteiger partial charge in [-0.15, -0.1) is 0 Å². The molecule has 0 spiro atoms. The number of benzene rings is 1. The lowest BCUT2D eigenvalue weighted by Crippen LogP contribution is -2.01. The summed E-state index contributed by atoms with van der Waals surface area (Å²) in [5.74, 6) is 0. The summed E-state index contributed by atoms with van der Waals surface area (Å²) in [6.45, 7) is 1.88. The Labute approximate surface area is 88.6 Å². The Balaban J connectivity index is 2.95. The third-order valence-electron chi connectivity index (χ3n) is 1.62. The van der Waals surface area contributed by atoms with Gasteiger partial charge < -0.3 is 0 Å². The van der Waals surface area contributed by atoms with Gasteiger partial charge in [0.25, 0.3) is 0 Å². The smallest absolute Gasteiger partial charge is 0.167 e. The maximum Gasteiger partial charge on any atom is 0.410 e. The first-order valence-electron chi connectivity index (χ1n) is 3.90. The number of alkyl halides is 3. The van der Waals surface area contributed by atoms with Gasteiger partial charge in [-0.1, -0.05) is 45.8 Å². The minimum atomic E-state index is -4.29. The summed E-state index contributed by atoms with van der Waals surface area (Å²) < 4.78 is 35.9. The van der Waals surface area contributed by atoms with Gasteiger partial charge in [-0.2, -0.15) is 13.2 Å². The average molecular weight is 265 g/mol. The lowest BCUT2D eigenvalue weighted by atomic mass is 10.1. The quantitative estimate of drug-likeness (QED) is 0.710. The minimum absolute atomic E-state index is 0.0463. The van der Waals surface area contributed by atoms with E-state index in [1.165, 1.54) is 0 Å². The fourth-order valence-corrected chi connectivity index (χ4v) is 1.46. The van der Waals surface area contributed by atoms with E-state index in [0.29, 0.717) is 5.56 Å². The van der Waals surface area contributed by atoms with Crippen LogP contribution in [0.5, 0.6) is 0 Å². The lowest BCUT2D eigenvalue weighted by Gasteiger charge is -2.03. The molecule has 4 heteroatoms. The fraction of sp³-hybridized carbons (Fsp3) is 0.200. The van der Waals surface area contributed by atoms with Crippen LogP contribution in [-0.4, -0.2) is 6.18 Å². The highest BCUT2D eigenvalue weighted by Crippen LogP contribution is 2.28. The Morgan fingerprint density at radius 3 is 2.14 bits per heavy atom. The summed E-state index contributed by atoms with van der Waals surface area (Å²) in [4.78, 5) is 0. The monoisotopic (exact) mass is 264 g/mol. The van der Waals surface area contributed by atoms with Crippen LogP contribution in [0.15, 0.2) is 30.3 Å². The van der Waals surface area contributed by atoms with Gasteiger partial charge in [0.15, 0.2) is 0 Å². The third-order valence-corrected chi connectivity index (χ3v) is 2.30. The lowest BCUT2D eigenvalue weighted by molar-refractivity contribution is -0.0791. The summed E-state index contributed by atoms with van der Waals surface area (Å²) in [5.41, 5.74) is 1.54. The molecular weight excluding hydrogens is 257 g/mol. The summed E-state index contributed by atoms with van der Waals surface area (Å²) >= 11 is 2.89. The van der Waals surface area contributed by atoms with Crippen molar-refractivity contribution in [3.63, 3.8) is 0 Å². The van der Waals surface area contributed by atoms with Crippen molar-refractivity contribution in [1.82, 2.24) is 0 Å². The van der Waals surface area contributed by atoms with Crippen LogP contribution in [0.2, 0.25) is 0 Å². The van der Waals surface area contributed by atoms with E-state index < -0.39 is 6.18 Å². The summed E-state index contributed by atoms with van der Waals surface area (Å²) in [5, 5.41) is 0. The Kier molecular flexibility index (Phi) is 3.37. The summed E-state index contributed by atoms with van der Waals surface area (Å²) in [6, 6.07) is 6.81. The van der Waals surface area contributed by atoms with Crippen molar-refractivity contribution in [3.05, 3.63) is 41.5 Å². The molecule has 0 amide bonds. The predicted octanol–water partition coefficient (Wildman–Crippen LogP) is 4.29. The van der Waals surface area contributed by atoms with E-state index in [2.05, 4.69) is 15.9 Å². The van der Waals surface area contributed by atoms with Crippen molar-refractivity contribution < 1.29 is 13.2 Å². The molecule has 0 aliphatic carbocycles. The molecule has 76 valence electrons. The summed E-state index contributed by atoms with van der Waals surface area (Å²) in [7, 11) is 0. The first kappa shape index (κ1) is 11.3. The molecule has 1 rings (SSSR count). The van der Waals surface area contributed by atoms with Crippen LogP contribution in [0.1, 0.15) is 11.1 Å². The average Bonchev–Trinajstić information content (AvgIpc) is 2.02. The van der Waals surface area contributed by atoms with E-state index in [1.54, 1.807) is 24.3 Å². The van der Waals surface area contributed by atoms with E-state index in [1.807, 2.05) is 6.92 Å². The molecule has 0 bridgehead atoms. The Hall–Kier alpha value is -0.770. The number of halogens is 4. The van der Waals surface area contributed by atoms with Crippen molar-refractivity contribution >= 4 is 20.4 Å². The van der Waals surface area contributed by atoms with Gasteiger partial charge in [0.05, 0.1) is 0 Å². The van der Waals surface area contributed by atoms with E-state index in [4.69, 9.17) is 0 Å². The largest absolute Gasteiger partial charge is 0.410 e. The van der Waals surface area contributed by atoms with Gasteiger partial charge in [-0.05, 0) is 12.5 Å². The van der Waals surface area contributed by atoms with Gasteiger partial charge in [0, 0.05) is 10.6 Å². The zero-order chi connectivity index (χ0) is 10.8. The zero-order valence-electron chi connectivity index (χ0n) is 7.40. The highest BCUT2D eigenvalue weighted by molar-refractivity contribution is 9.15. The van der Waals surface area contributed by atoms with Crippen molar-refractivity contribution in [2.75, 3.05) is 0 Å². The molecule has 0 atom stereocenters. The minimum Gasteiger partial charge on any atom is -0.167 e. The van der Waals surface area contributed by atoms with Crippen LogP contribution in [0.25, 0.3) is 4.48 Å². The molecule has 0 fully saturated rings. The van der Waals surface area contributed by atoms with Gasteiger partial charge in [-0.3, -0.25) is 0 Å². The molecule has 14 heavy (non-hydrogen) atoms. The SMILES string of the molecule is Cc1ccc(/C(Br)=C/C(F)(F)F)cc1. The van der Waals surface area contributed by atoms with Crippen LogP contribution < -0.4 is 0 Å². The zero-order valence-corrected chi connectivity index (χ0v) is 8.98. The molecule has 1 aromatic rings. The Morgan fingerprint density at radius 1 is 1.21 bits per heavy atom. The molecule has 0 aliphatic heterocycles. The van der Waals surface area contributed by atoms with Gasteiger partial charge in [0.2, 0.25) is 0 Å². The Morgan fingerprint density at radius 2 is 1.71 bits per heavy atom. The van der Waals surface area contributed by atoms with Gasteiger partial charge in [-0.25, -0.2) is 0 Å². The van der Waals surface area contributed by atoms with Crippen molar-refractivity contribution in [2.24, 2.45) is 0 Å². The molecule has 0 aromatic heterocycles.